The van der Waals surface area contributed by atoms with Crippen LogP contribution in [0, 0.1) is 32.6 Å². The largest absolute Gasteiger partial charge is 0.508 e. The number of nitrogens with zero attached hydrogens (tertiary/aromatic N) is 8. The average molecular weight is 1000 g/mol. The highest BCUT2D eigenvalue weighted by Gasteiger charge is 2.38. The molecule has 2 fully saturated rings. The number of amides is 1. The minimum Gasteiger partial charge on any atom is -0.508 e. The molecule has 3 aliphatic heterocycles. The number of carbonyl (C=O) groups excluding carboxylic acids is 1. The molecule has 370 valence electrons. The van der Waals surface area contributed by atoms with Gasteiger partial charge in [0.25, 0.3) is 0 Å². The summed E-state index contributed by atoms with van der Waals surface area (Å²) in [6.07, 6.45) is 0.333. The number of likely N-dealkylation sites (tertiary alicyclic amines) is 2. The van der Waals surface area contributed by atoms with Crippen molar-refractivity contribution in [2.24, 2.45) is 16.8 Å². The van der Waals surface area contributed by atoms with Gasteiger partial charge < -0.3 is 25.1 Å². The fourth-order valence-electron chi connectivity index (χ4n) is 9.60. The van der Waals surface area contributed by atoms with E-state index < -0.39 is 23.9 Å². The van der Waals surface area contributed by atoms with Crippen molar-refractivity contribution in [1.29, 1.82) is 0 Å². The SMILES string of the molecule is Cc1sc2c(c1C)C(c1ccc(Cl)cc1)=N[C@@H](CC(=O)N1CCC(CN3CCC(Cc4ccc(-n5c(-c6cc(C(C)C)c(O)cc6O)n[nH]c5=O)cc4)CC3)CC1)c1nnc(C)n1-2.O=C(O)C(F)(F)F. The highest BCUT2D eigenvalue weighted by Crippen LogP contribution is 2.41. The first-order valence-electron chi connectivity index (χ1n) is 23.3. The number of rotatable bonds is 10. The lowest BCUT2D eigenvalue weighted by molar-refractivity contribution is -0.192. The molecule has 0 bridgehead atoms. The summed E-state index contributed by atoms with van der Waals surface area (Å²) in [5.41, 5.74) is 6.56. The molecule has 6 aromatic rings. The van der Waals surface area contributed by atoms with Crippen molar-refractivity contribution in [2.45, 2.75) is 91.3 Å². The number of benzene rings is 3. The lowest BCUT2D eigenvalue weighted by Crippen LogP contribution is -2.43. The number of phenolic OH excluding ortho intramolecular Hbond substituents is 2. The minimum atomic E-state index is -5.08. The van der Waals surface area contributed by atoms with Gasteiger partial charge in [-0.2, -0.15) is 18.3 Å². The maximum atomic E-state index is 14.1. The summed E-state index contributed by atoms with van der Waals surface area (Å²) in [6, 6.07) is 18.3. The van der Waals surface area contributed by atoms with E-state index in [1.807, 2.05) is 62.1 Å². The number of carboxylic acids is 1. The molecule has 3 aliphatic rings. The Bertz CT molecular complexity index is 2960. The Hall–Kier alpha value is -6.31. The number of carbonyl (C=O) groups is 2. The van der Waals surface area contributed by atoms with E-state index in [2.05, 4.69) is 55.8 Å². The molecule has 0 radical (unpaired) electrons. The van der Waals surface area contributed by atoms with Gasteiger partial charge in [0.2, 0.25) is 5.91 Å². The minimum absolute atomic E-state index is 0.00804. The van der Waals surface area contributed by atoms with Crippen molar-refractivity contribution >= 4 is 40.5 Å². The van der Waals surface area contributed by atoms with Gasteiger partial charge in [0, 0.05) is 46.7 Å². The number of aromatic nitrogens is 6. The molecular weight excluding hydrogens is 947 g/mol. The Kier molecular flexibility index (Phi) is 14.7. The van der Waals surface area contributed by atoms with Crippen molar-refractivity contribution in [2.75, 3.05) is 32.7 Å². The van der Waals surface area contributed by atoms with Crippen LogP contribution in [-0.2, 0) is 16.0 Å². The summed E-state index contributed by atoms with van der Waals surface area (Å²) in [4.78, 5) is 47.1. The molecule has 15 nitrogen and oxygen atoms in total. The van der Waals surface area contributed by atoms with Crippen LogP contribution in [0.3, 0.4) is 0 Å². The smallest absolute Gasteiger partial charge is 0.490 e. The number of alkyl halides is 3. The molecule has 3 aromatic heterocycles. The molecule has 20 heteroatoms. The Morgan fingerprint density at radius 2 is 1.53 bits per heavy atom. The molecular formula is C50H55ClF3N9O6S. The van der Waals surface area contributed by atoms with Crippen molar-refractivity contribution in [1.82, 2.24) is 39.3 Å². The number of hydrogen-bond acceptors (Lipinski definition) is 11. The second-order valence-electron chi connectivity index (χ2n) is 18.6. The lowest BCUT2D eigenvalue weighted by Gasteiger charge is -2.38. The molecule has 0 aliphatic carbocycles. The normalized spacial score (nSPS) is 16.9. The highest BCUT2D eigenvalue weighted by atomic mass is 35.5. The van der Waals surface area contributed by atoms with Crippen molar-refractivity contribution in [3.8, 4) is 33.6 Å². The molecule has 2 saturated heterocycles. The number of H-pyrrole nitrogens is 1. The van der Waals surface area contributed by atoms with Crippen molar-refractivity contribution < 1.29 is 38.1 Å². The first-order chi connectivity index (χ1) is 33.3. The molecule has 0 saturated carbocycles. The predicted molar refractivity (Wildman–Crippen MR) is 261 cm³/mol. The molecule has 0 unspecified atom stereocenters. The number of nitrogens with one attached hydrogen (secondary N) is 1. The van der Waals surface area contributed by atoms with Crippen molar-refractivity contribution in [3.05, 3.63) is 121 Å². The second-order valence-corrected chi connectivity index (χ2v) is 20.3. The van der Waals surface area contributed by atoms with E-state index >= 15 is 0 Å². The Morgan fingerprint density at radius 3 is 2.16 bits per heavy atom. The van der Waals surface area contributed by atoms with Crippen LogP contribution in [0.4, 0.5) is 13.2 Å². The topological polar surface area (TPSA) is 195 Å². The number of aromatic hydroxyl groups is 2. The zero-order chi connectivity index (χ0) is 50.2. The van der Waals surface area contributed by atoms with Gasteiger partial charge in [0.05, 0.1) is 23.4 Å². The van der Waals surface area contributed by atoms with Crippen LogP contribution in [0.25, 0.3) is 22.1 Å². The third-order valence-corrected chi connectivity index (χ3v) is 15.0. The van der Waals surface area contributed by atoms with E-state index in [4.69, 9.17) is 26.5 Å². The molecule has 6 heterocycles. The summed E-state index contributed by atoms with van der Waals surface area (Å²) in [5.74, 6) is 0.122. The third kappa shape index (κ3) is 10.7. The zero-order valence-corrected chi connectivity index (χ0v) is 41.0. The number of aryl methyl sites for hydroxylation is 2. The van der Waals surface area contributed by atoms with Gasteiger partial charge in [-0.1, -0.05) is 49.7 Å². The van der Waals surface area contributed by atoms with E-state index in [1.165, 1.54) is 26.6 Å². The van der Waals surface area contributed by atoms with E-state index in [9.17, 15) is 33.0 Å². The molecule has 0 spiro atoms. The van der Waals surface area contributed by atoms with Gasteiger partial charge in [-0.25, -0.2) is 19.3 Å². The molecule has 9 rings (SSSR count). The quantitative estimate of drug-likeness (QED) is 0.103. The number of fused-ring (bicyclic) bond motifs is 3. The van der Waals surface area contributed by atoms with E-state index in [0.29, 0.717) is 39.5 Å². The molecule has 1 atom stereocenters. The molecule has 3 aromatic carbocycles. The first kappa shape index (κ1) is 50.1. The van der Waals surface area contributed by atoms with E-state index in [-0.39, 0.29) is 35.6 Å². The highest BCUT2D eigenvalue weighted by molar-refractivity contribution is 7.15. The summed E-state index contributed by atoms with van der Waals surface area (Å²) < 4.78 is 35.3. The number of carboxylic acid groups (broad SMARTS) is 1. The van der Waals surface area contributed by atoms with Crippen LogP contribution < -0.4 is 5.69 Å². The monoisotopic (exact) mass is 1000 g/mol. The van der Waals surface area contributed by atoms with Gasteiger partial charge in [-0.3, -0.25) is 14.4 Å². The van der Waals surface area contributed by atoms with Crippen LogP contribution in [0.5, 0.6) is 11.5 Å². The summed E-state index contributed by atoms with van der Waals surface area (Å²) in [6.45, 7) is 14.8. The van der Waals surface area contributed by atoms with Crippen LogP contribution >= 0.6 is 22.9 Å². The fourth-order valence-corrected chi connectivity index (χ4v) is 10.9. The maximum absolute atomic E-state index is 14.1. The number of hydrogen-bond donors (Lipinski definition) is 4. The Labute approximate surface area is 411 Å². The second kappa shape index (κ2) is 20.6. The van der Waals surface area contributed by atoms with Gasteiger partial charge in [0.1, 0.15) is 28.4 Å². The van der Waals surface area contributed by atoms with Gasteiger partial charge in [-0.15, -0.1) is 21.5 Å². The van der Waals surface area contributed by atoms with Gasteiger partial charge >= 0.3 is 17.8 Å². The number of thiophene rings is 1. The average Bonchev–Trinajstić information content (AvgIpc) is 3.96. The zero-order valence-electron chi connectivity index (χ0n) is 39.4. The van der Waals surface area contributed by atoms with Crippen LogP contribution in [0.1, 0.15) is 102 Å². The van der Waals surface area contributed by atoms with Crippen LogP contribution in [-0.4, -0.2) is 111 Å². The lowest BCUT2D eigenvalue weighted by atomic mass is 9.89. The molecule has 1 amide bonds. The van der Waals surface area contributed by atoms with E-state index in [0.717, 1.165) is 92.5 Å². The number of aliphatic carboxylic acids is 1. The Morgan fingerprint density at radius 1 is 0.886 bits per heavy atom. The maximum Gasteiger partial charge on any atom is 0.490 e. The summed E-state index contributed by atoms with van der Waals surface area (Å²) >= 11 is 8.01. The van der Waals surface area contributed by atoms with Gasteiger partial charge in [-0.05, 0) is 131 Å². The Balaban J connectivity index is 0.000000876. The number of halogens is 4. The third-order valence-electron chi connectivity index (χ3n) is 13.6. The number of aromatic amines is 1. The number of phenols is 2. The molecule has 4 N–H and O–H groups in total. The summed E-state index contributed by atoms with van der Waals surface area (Å²) in [7, 11) is 0. The van der Waals surface area contributed by atoms with Crippen LogP contribution in [0.2, 0.25) is 5.02 Å². The van der Waals surface area contributed by atoms with E-state index in [1.54, 1.807) is 17.4 Å². The predicted octanol–water partition coefficient (Wildman–Crippen LogP) is 9.09. The van der Waals surface area contributed by atoms with Crippen LogP contribution in [0.15, 0.2) is 70.5 Å². The number of piperidine rings is 2. The summed E-state index contributed by atoms with van der Waals surface area (Å²) in [5, 5.41) is 45.7. The first-order valence-corrected chi connectivity index (χ1v) is 24.5. The number of aliphatic imine (C=N–C) groups is 1. The van der Waals surface area contributed by atoms with Crippen molar-refractivity contribution in [3.63, 3.8) is 0 Å². The standard InChI is InChI=1S/C48H54ClN9O4S.C2HF3O2/c1-27(2)37-23-38(41(60)25-40(37)59)45-52-54-48(62)58(45)36-12-6-31(7-13-36)22-32-14-18-55(19-15-32)26-33-16-20-56(21-17-33)42(61)24-39-46-53-51-30(5)57(46)47-43(28(3)29(4)63-47)44(50-39)34-8-10-35(49)11-9-34;3-2(4,5)1(6)7/h6-13,23,25,27,32-33,39,59-60H,14-22,24,26H2,1-5H3,(H,54,62);(H,6,7)/t39-;/m0./s1. The van der Waals surface area contributed by atoms with Gasteiger partial charge in [0.15, 0.2) is 11.6 Å². The fraction of sp³-hybridized carbons (Fsp3) is 0.420. The molecule has 70 heavy (non-hydrogen) atoms.